The smallest absolute Gasteiger partial charge is 0.271 e. The summed E-state index contributed by atoms with van der Waals surface area (Å²) in [7, 11) is 0. The summed E-state index contributed by atoms with van der Waals surface area (Å²) in [5, 5.41) is 7.29. The summed E-state index contributed by atoms with van der Waals surface area (Å²) in [6, 6.07) is 12.2. The van der Waals surface area contributed by atoms with Crippen LogP contribution in [0.4, 0.5) is 0 Å². The standard InChI is InChI=1S/C18H22N4O2/c23-18(16-10-17-22(20-16)8-9-24-17)19-11-15-6-7-21(13-15)12-14-4-2-1-3-5-14/h1-5,10,15H,6-9,11-13H2,(H,19,23). The lowest BCUT2D eigenvalue weighted by Gasteiger charge is -2.16. The molecule has 3 heterocycles. The summed E-state index contributed by atoms with van der Waals surface area (Å²) in [5.74, 6) is 1.08. The van der Waals surface area contributed by atoms with Gasteiger partial charge in [0.15, 0.2) is 5.69 Å². The molecule has 1 saturated heterocycles. The van der Waals surface area contributed by atoms with Crippen molar-refractivity contribution in [2.24, 2.45) is 5.92 Å². The van der Waals surface area contributed by atoms with Gasteiger partial charge >= 0.3 is 0 Å². The number of nitrogens with one attached hydrogen (secondary N) is 1. The molecule has 24 heavy (non-hydrogen) atoms. The maximum atomic E-state index is 12.2. The van der Waals surface area contributed by atoms with Crippen molar-refractivity contribution in [2.75, 3.05) is 26.2 Å². The Morgan fingerprint density at radius 1 is 1.29 bits per heavy atom. The van der Waals surface area contributed by atoms with Crippen LogP contribution in [0, 0.1) is 5.92 Å². The molecule has 1 unspecified atom stereocenters. The Bertz CT molecular complexity index is 692. The third-order valence-corrected chi connectivity index (χ3v) is 4.70. The minimum absolute atomic E-state index is 0.109. The number of benzene rings is 1. The molecule has 2 aliphatic rings. The van der Waals surface area contributed by atoms with Crippen molar-refractivity contribution in [3.63, 3.8) is 0 Å². The average Bonchev–Trinajstić information content (AvgIpc) is 3.29. The van der Waals surface area contributed by atoms with Gasteiger partial charge in [-0.2, -0.15) is 5.10 Å². The molecule has 6 heteroatoms. The fourth-order valence-corrected chi connectivity index (χ4v) is 3.42. The number of likely N-dealkylation sites (tertiary alicyclic amines) is 1. The van der Waals surface area contributed by atoms with Crippen LogP contribution >= 0.6 is 0 Å². The molecule has 2 aromatic rings. The number of nitrogens with zero attached hydrogens (tertiary/aromatic N) is 3. The van der Waals surface area contributed by atoms with Crippen LogP contribution in [0.1, 0.15) is 22.5 Å². The minimum atomic E-state index is -0.109. The molecule has 0 saturated carbocycles. The molecule has 1 aromatic heterocycles. The van der Waals surface area contributed by atoms with E-state index in [0.29, 0.717) is 30.6 Å². The number of amides is 1. The third-order valence-electron chi connectivity index (χ3n) is 4.70. The van der Waals surface area contributed by atoms with E-state index in [-0.39, 0.29) is 5.91 Å². The van der Waals surface area contributed by atoms with Crippen LogP contribution in [0.5, 0.6) is 5.88 Å². The normalized spacial score (nSPS) is 19.9. The van der Waals surface area contributed by atoms with Gasteiger partial charge in [0, 0.05) is 25.7 Å². The average molecular weight is 326 g/mol. The number of rotatable bonds is 5. The van der Waals surface area contributed by atoms with Crippen molar-refractivity contribution in [3.8, 4) is 5.88 Å². The van der Waals surface area contributed by atoms with E-state index in [4.69, 9.17) is 4.74 Å². The second-order valence-electron chi connectivity index (χ2n) is 6.52. The lowest BCUT2D eigenvalue weighted by molar-refractivity contribution is 0.0941. The van der Waals surface area contributed by atoms with Crippen LogP contribution in [0.2, 0.25) is 0 Å². The van der Waals surface area contributed by atoms with E-state index in [1.807, 2.05) is 6.07 Å². The van der Waals surface area contributed by atoms with Crippen molar-refractivity contribution in [1.29, 1.82) is 0 Å². The summed E-state index contributed by atoms with van der Waals surface area (Å²) < 4.78 is 7.13. The number of aromatic nitrogens is 2. The predicted molar refractivity (Wildman–Crippen MR) is 89.9 cm³/mol. The minimum Gasteiger partial charge on any atom is -0.476 e. The first kappa shape index (κ1) is 15.2. The van der Waals surface area contributed by atoms with Gasteiger partial charge in [0.1, 0.15) is 6.61 Å². The molecule has 2 aliphatic heterocycles. The van der Waals surface area contributed by atoms with Gasteiger partial charge in [-0.05, 0) is 24.4 Å². The van der Waals surface area contributed by atoms with Gasteiger partial charge in [-0.25, -0.2) is 4.68 Å². The zero-order valence-electron chi connectivity index (χ0n) is 13.6. The number of carbonyl (C=O) groups excluding carboxylic acids is 1. The van der Waals surface area contributed by atoms with E-state index in [1.54, 1.807) is 10.7 Å². The van der Waals surface area contributed by atoms with Gasteiger partial charge in [-0.3, -0.25) is 9.69 Å². The van der Waals surface area contributed by atoms with Crippen LogP contribution in [0.3, 0.4) is 0 Å². The Labute approximate surface area is 141 Å². The number of fused-ring (bicyclic) bond motifs is 1. The second kappa shape index (κ2) is 6.65. The molecule has 4 rings (SSSR count). The number of ether oxygens (including phenoxy) is 1. The summed E-state index contributed by atoms with van der Waals surface area (Å²) in [5.41, 5.74) is 1.79. The molecule has 1 fully saturated rings. The van der Waals surface area contributed by atoms with Gasteiger partial charge < -0.3 is 10.1 Å². The largest absolute Gasteiger partial charge is 0.476 e. The maximum absolute atomic E-state index is 12.2. The summed E-state index contributed by atoms with van der Waals surface area (Å²) >= 11 is 0. The first-order valence-electron chi connectivity index (χ1n) is 8.53. The van der Waals surface area contributed by atoms with E-state index < -0.39 is 0 Å². The molecule has 0 radical (unpaired) electrons. The van der Waals surface area contributed by atoms with Crippen molar-refractivity contribution in [3.05, 3.63) is 47.7 Å². The molecule has 1 aromatic carbocycles. The summed E-state index contributed by atoms with van der Waals surface area (Å²) in [6.45, 7) is 5.16. The molecule has 1 amide bonds. The van der Waals surface area contributed by atoms with Crippen molar-refractivity contribution >= 4 is 5.91 Å². The van der Waals surface area contributed by atoms with Gasteiger partial charge in [-0.1, -0.05) is 30.3 Å². The first-order valence-corrected chi connectivity index (χ1v) is 8.53. The monoisotopic (exact) mass is 326 g/mol. The Hall–Kier alpha value is -2.34. The lowest BCUT2D eigenvalue weighted by atomic mass is 10.1. The second-order valence-corrected chi connectivity index (χ2v) is 6.52. The van der Waals surface area contributed by atoms with Crippen molar-refractivity contribution in [1.82, 2.24) is 20.0 Å². The highest BCUT2D eigenvalue weighted by atomic mass is 16.5. The van der Waals surface area contributed by atoms with Gasteiger partial charge in [0.25, 0.3) is 5.91 Å². The van der Waals surface area contributed by atoms with E-state index in [1.165, 1.54) is 5.56 Å². The van der Waals surface area contributed by atoms with Crippen LogP contribution in [-0.4, -0.2) is 46.8 Å². The third kappa shape index (κ3) is 3.28. The maximum Gasteiger partial charge on any atom is 0.271 e. The highest BCUT2D eigenvalue weighted by Gasteiger charge is 2.24. The van der Waals surface area contributed by atoms with Crippen molar-refractivity contribution in [2.45, 2.75) is 19.5 Å². The highest BCUT2D eigenvalue weighted by Crippen LogP contribution is 2.20. The zero-order chi connectivity index (χ0) is 16.4. The molecule has 1 atom stereocenters. The van der Waals surface area contributed by atoms with Gasteiger partial charge in [0.2, 0.25) is 5.88 Å². The van der Waals surface area contributed by atoms with E-state index in [9.17, 15) is 4.79 Å². The Morgan fingerprint density at radius 2 is 2.17 bits per heavy atom. The molecular weight excluding hydrogens is 304 g/mol. The SMILES string of the molecule is O=C(NCC1CCN(Cc2ccccc2)C1)c1cc2n(n1)CCO2. The molecule has 0 bridgehead atoms. The first-order chi connectivity index (χ1) is 11.8. The number of carbonyl (C=O) groups is 1. The van der Waals surface area contributed by atoms with E-state index in [2.05, 4.69) is 39.6 Å². The predicted octanol–water partition coefficient (Wildman–Crippen LogP) is 1.53. The molecule has 6 nitrogen and oxygen atoms in total. The van der Waals surface area contributed by atoms with Gasteiger partial charge in [-0.15, -0.1) is 0 Å². The number of hydrogen-bond donors (Lipinski definition) is 1. The Morgan fingerprint density at radius 3 is 3.00 bits per heavy atom. The van der Waals surface area contributed by atoms with Crippen LogP contribution < -0.4 is 10.1 Å². The lowest BCUT2D eigenvalue weighted by Crippen LogP contribution is -2.31. The molecule has 0 spiro atoms. The molecule has 0 aliphatic carbocycles. The van der Waals surface area contributed by atoms with E-state index in [0.717, 1.165) is 32.6 Å². The summed E-state index contributed by atoms with van der Waals surface area (Å²) in [4.78, 5) is 14.7. The van der Waals surface area contributed by atoms with Crippen LogP contribution in [0.25, 0.3) is 0 Å². The molecule has 126 valence electrons. The number of hydrogen-bond acceptors (Lipinski definition) is 4. The quantitative estimate of drug-likeness (QED) is 0.905. The van der Waals surface area contributed by atoms with Crippen LogP contribution in [0.15, 0.2) is 36.4 Å². The Balaban J connectivity index is 1.25. The zero-order valence-corrected chi connectivity index (χ0v) is 13.6. The van der Waals surface area contributed by atoms with E-state index >= 15 is 0 Å². The fraction of sp³-hybridized carbons (Fsp3) is 0.444. The Kier molecular flexibility index (Phi) is 4.21. The van der Waals surface area contributed by atoms with Crippen molar-refractivity contribution < 1.29 is 9.53 Å². The highest BCUT2D eigenvalue weighted by molar-refractivity contribution is 5.92. The molecular formula is C18H22N4O2. The summed E-state index contributed by atoms with van der Waals surface area (Å²) in [6.07, 6.45) is 1.12. The van der Waals surface area contributed by atoms with Crippen LogP contribution in [-0.2, 0) is 13.1 Å². The van der Waals surface area contributed by atoms with Gasteiger partial charge in [0.05, 0.1) is 6.54 Å². The molecule has 1 N–H and O–H groups in total. The fourth-order valence-electron chi connectivity index (χ4n) is 3.42. The topological polar surface area (TPSA) is 59.4 Å².